The first-order chi connectivity index (χ1) is 12.0. The van der Waals surface area contributed by atoms with Crippen LogP contribution < -0.4 is 5.32 Å². The Morgan fingerprint density at radius 3 is 2.35 bits per heavy atom. The maximum atomic E-state index is 12.8. The average molecular weight is 384 g/mol. The van der Waals surface area contributed by atoms with E-state index in [4.69, 9.17) is 4.74 Å². The number of hydrogen-bond donors (Lipinski definition) is 1. The summed E-state index contributed by atoms with van der Waals surface area (Å²) >= 11 is 1.15. The summed E-state index contributed by atoms with van der Waals surface area (Å²) in [6.45, 7) is 6.79. The number of rotatable bonds is 7. The average Bonchev–Trinajstić information content (AvgIpc) is 2.52. The van der Waals surface area contributed by atoms with Crippen molar-refractivity contribution in [3.05, 3.63) is 30.1 Å². The van der Waals surface area contributed by atoms with Gasteiger partial charge in [-0.05, 0) is 52.0 Å². The Balaban J connectivity index is 2.42. The smallest absolute Gasteiger partial charge is 0.326 e. The fourth-order valence-corrected chi connectivity index (χ4v) is 2.75. The lowest BCUT2D eigenvalue weighted by Gasteiger charge is -2.24. The fraction of sp³-hybridized carbons (Fsp3) is 0.500. The SMILES string of the molecule is CC(SCC(=O)Nc1ccc(F)cc1)C(=O)N(C)CC(=O)OC(C)(C)C. The van der Waals surface area contributed by atoms with E-state index in [2.05, 4.69) is 5.32 Å². The predicted molar refractivity (Wildman–Crippen MR) is 100 cm³/mol. The molecule has 26 heavy (non-hydrogen) atoms. The zero-order valence-corrected chi connectivity index (χ0v) is 16.5. The molecule has 1 N–H and O–H groups in total. The van der Waals surface area contributed by atoms with Crippen molar-refractivity contribution in [3.8, 4) is 0 Å². The number of amides is 2. The van der Waals surface area contributed by atoms with Crippen LogP contribution in [0.15, 0.2) is 24.3 Å². The Morgan fingerprint density at radius 2 is 1.81 bits per heavy atom. The number of benzene rings is 1. The first kappa shape index (κ1) is 22.0. The zero-order chi connectivity index (χ0) is 19.9. The van der Waals surface area contributed by atoms with Gasteiger partial charge >= 0.3 is 5.97 Å². The molecule has 0 bridgehead atoms. The van der Waals surface area contributed by atoms with Crippen LogP contribution in [0.2, 0.25) is 0 Å². The van der Waals surface area contributed by atoms with Gasteiger partial charge in [0.1, 0.15) is 18.0 Å². The summed E-state index contributed by atoms with van der Waals surface area (Å²) in [5.74, 6) is -1.37. The Morgan fingerprint density at radius 1 is 1.23 bits per heavy atom. The second-order valence-electron chi connectivity index (χ2n) is 6.79. The topological polar surface area (TPSA) is 75.7 Å². The molecule has 2 amide bonds. The lowest BCUT2D eigenvalue weighted by Crippen LogP contribution is -2.39. The van der Waals surface area contributed by atoms with Crippen molar-refractivity contribution >= 4 is 35.2 Å². The Hall–Kier alpha value is -2.09. The number of likely N-dealkylation sites (N-methyl/N-ethyl adjacent to an activating group) is 1. The van der Waals surface area contributed by atoms with Crippen LogP contribution in [0.4, 0.5) is 10.1 Å². The highest BCUT2D eigenvalue weighted by molar-refractivity contribution is 8.01. The van der Waals surface area contributed by atoms with Crippen LogP contribution in [0.25, 0.3) is 0 Å². The number of carbonyl (C=O) groups excluding carboxylic acids is 3. The molecule has 1 aromatic carbocycles. The number of anilines is 1. The minimum Gasteiger partial charge on any atom is -0.459 e. The lowest BCUT2D eigenvalue weighted by molar-refractivity contribution is -0.158. The van der Waals surface area contributed by atoms with Crippen LogP contribution >= 0.6 is 11.8 Å². The summed E-state index contributed by atoms with van der Waals surface area (Å²) in [7, 11) is 1.52. The molecule has 6 nitrogen and oxygen atoms in total. The molecule has 0 aliphatic heterocycles. The van der Waals surface area contributed by atoms with Crippen LogP contribution in [-0.2, 0) is 19.1 Å². The quantitative estimate of drug-likeness (QED) is 0.732. The molecule has 1 atom stereocenters. The third-order valence-electron chi connectivity index (χ3n) is 3.10. The summed E-state index contributed by atoms with van der Waals surface area (Å²) < 4.78 is 18.0. The van der Waals surface area contributed by atoms with E-state index in [-0.39, 0.29) is 29.9 Å². The van der Waals surface area contributed by atoms with E-state index in [0.29, 0.717) is 5.69 Å². The van der Waals surface area contributed by atoms with Crippen molar-refractivity contribution in [2.24, 2.45) is 0 Å². The number of nitrogens with zero attached hydrogens (tertiary/aromatic N) is 1. The van der Waals surface area contributed by atoms with Gasteiger partial charge in [0.25, 0.3) is 0 Å². The van der Waals surface area contributed by atoms with E-state index in [9.17, 15) is 18.8 Å². The molecule has 1 rings (SSSR count). The van der Waals surface area contributed by atoms with Gasteiger partial charge in [0.05, 0.1) is 11.0 Å². The number of esters is 1. The summed E-state index contributed by atoms with van der Waals surface area (Å²) in [6, 6.07) is 5.42. The third-order valence-corrected chi connectivity index (χ3v) is 4.23. The van der Waals surface area contributed by atoms with Crippen LogP contribution in [0.5, 0.6) is 0 Å². The lowest BCUT2D eigenvalue weighted by atomic mass is 10.2. The van der Waals surface area contributed by atoms with Gasteiger partial charge in [-0.25, -0.2) is 4.39 Å². The standard InChI is InChI=1S/C18H25FN2O4S/c1-12(17(24)21(5)10-16(23)25-18(2,3)4)26-11-15(22)20-14-8-6-13(19)7-9-14/h6-9,12H,10-11H2,1-5H3,(H,20,22). The van der Waals surface area contributed by atoms with Crippen LogP contribution in [0.1, 0.15) is 27.7 Å². The zero-order valence-electron chi connectivity index (χ0n) is 15.7. The van der Waals surface area contributed by atoms with Crippen LogP contribution in [-0.4, -0.2) is 52.9 Å². The molecule has 0 saturated heterocycles. The van der Waals surface area contributed by atoms with Gasteiger partial charge in [-0.15, -0.1) is 11.8 Å². The molecule has 0 aromatic heterocycles. The number of ether oxygens (including phenoxy) is 1. The molecule has 0 aliphatic carbocycles. The highest BCUT2D eigenvalue weighted by atomic mass is 32.2. The number of nitrogens with one attached hydrogen (secondary N) is 1. The first-order valence-electron chi connectivity index (χ1n) is 8.12. The first-order valence-corrected chi connectivity index (χ1v) is 9.16. The number of carbonyl (C=O) groups is 3. The van der Waals surface area contributed by atoms with Gasteiger partial charge < -0.3 is 15.0 Å². The molecule has 1 aromatic rings. The monoisotopic (exact) mass is 384 g/mol. The van der Waals surface area contributed by atoms with E-state index in [1.807, 2.05) is 0 Å². The third kappa shape index (κ3) is 8.33. The minimum atomic E-state index is -0.611. The maximum absolute atomic E-state index is 12.8. The van der Waals surface area contributed by atoms with Gasteiger partial charge in [-0.1, -0.05) is 0 Å². The van der Waals surface area contributed by atoms with E-state index in [0.717, 1.165) is 11.8 Å². The number of hydrogen-bond acceptors (Lipinski definition) is 5. The Labute approximate surface area is 157 Å². The summed E-state index contributed by atoms with van der Waals surface area (Å²) in [4.78, 5) is 37.2. The normalized spacial score (nSPS) is 12.2. The Kier molecular flexibility index (Phi) is 8.08. The minimum absolute atomic E-state index is 0.0601. The summed E-state index contributed by atoms with van der Waals surface area (Å²) in [6.07, 6.45) is 0. The number of thioether (sulfide) groups is 1. The summed E-state index contributed by atoms with van der Waals surface area (Å²) in [5, 5.41) is 2.13. The van der Waals surface area contributed by atoms with Crippen molar-refractivity contribution in [1.82, 2.24) is 4.90 Å². The van der Waals surface area contributed by atoms with Crippen LogP contribution in [0.3, 0.4) is 0 Å². The molecule has 0 fully saturated rings. The van der Waals surface area contributed by atoms with Gasteiger partial charge in [0, 0.05) is 12.7 Å². The molecular formula is C18H25FN2O4S. The van der Waals surface area contributed by atoms with E-state index in [1.54, 1.807) is 27.7 Å². The van der Waals surface area contributed by atoms with Crippen molar-refractivity contribution in [2.75, 3.05) is 24.7 Å². The molecule has 0 spiro atoms. The second-order valence-corrected chi connectivity index (χ2v) is 8.12. The van der Waals surface area contributed by atoms with Gasteiger partial charge in [0.2, 0.25) is 11.8 Å². The highest BCUT2D eigenvalue weighted by Gasteiger charge is 2.23. The van der Waals surface area contributed by atoms with Gasteiger partial charge in [-0.3, -0.25) is 14.4 Å². The van der Waals surface area contributed by atoms with E-state index in [1.165, 1.54) is 36.2 Å². The predicted octanol–water partition coefficient (Wildman–Crippen LogP) is 2.69. The number of halogens is 1. The van der Waals surface area contributed by atoms with Crippen molar-refractivity contribution in [3.63, 3.8) is 0 Å². The fourth-order valence-electron chi connectivity index (χ4n) is 1.96. The molecule has 0 aliphatic rings. The molecule has 0 heterocycles. The largest absolute Gasteiger partial charge is 0.459 e. The van der Waals surface area contributed by atoms with E-state index >= 15 is 0 Å². The van der Waals surface area contributed by atoms with Gasteiger partial charge in [-0.2, -0.15) is 0 Å². The second kappa shape index (κ2) is 9.56. The van der Waals surface area contributed by atoms with Crippen molar-refractivity contribution in [1.29, 1.82) is 0 Å². The molecule has 0 saturated carbocycles. The highest BCUT2D eigenvalue weighted by Crippen LogP contribution is 2.15. The molecular weight excluding hydrogens is 359 g/mol. The molecule has 8 heteroatoms. The molecule has 1 unspecified atom stereocenters. The Bertz CT molecular complexity index is 644. The van der Waals surface area contributed by atoms with E-state index < -0.39 is 16.8 Å². The molecule has 144 valence electrons. The van der Waals surface area contributed by atoms with Crippen molar-refractivity contribution < 1.29 is 23.5 Å². The van der Waals surface area contributed by atoms with Gasteiger partial charge in [0.15, 0.2) is 0 Å². The van der Waals surface area contributed by atoms with Crippen molar-refractivity contribution in [2.45, 2.75) is 38.5 Å². The van der Waals surface area contributed by atoms with Crippen LogP contribution in [0, 0.1) is 5.82 Å². The maximum Gasteiger partial charge on any atom is 0.326 e. The summed E-state index contributed by atoms with van der Waals surface area (Å²) in [5.41, 5.74) is -0.127. The molecule has 0 radical (unpaired) electrons.